The first-order chi connectivity index (χ1) is 1.73. The topological polar surface area (TPSA) is 37.3 Å². The Morgan fingerprint density at radius 1 is 1.80 bits per heavy atom. The SMILES string of the molecule is O=C(O)F.[Fe]. The van der Waals surface area contributed by atoms with Crippen LogP contribution in [-0.2, 0) is 17.1 Å². The molecule has 0 bridgehead atoms. The predicted octanol–water partition coefficient (Wildman–Crippen LogP) is 0.631. The fourth-order valence-corrected chi connectivity index (χ4v) is 0. The maximum Gasteiger partial charge on any atom is 0.492 e. The zero-order valence-electron chi connectivity index (χ0n) is 2.09. The summed E-state index contributed by atoms with van der Waals surface area (Å²) in [6, 6.07) is 0. The van der Waals surface area contributed by atoms with Crippen molar-refractivity contribution in [1.82, 2.24) is 0 Å². The van der Waals surface area contributed by atoms with E-state index in [1.54, 1.807) is 0 Å². The van der Waals surface area contributed by atoms with Crippen LogP contribution in [-0.4, -0.2) is 11.3 Å². The standard InChI is InChI=1S/CHFO2.Fe/c2-1(3)4;/h(H,3,4);. The third-order valence-electron chi connectivity index (χ3n) is 0. The fourth-order valence-electron chi connectivity index (χ4n) is 0. The summed E-state index contributed by atoms with van der Waals surface area (Å²) in [5, 5.41) is 6.75. The minimum Gasteiger partial charge on any atom is -0.456 e. The van der Waals surface area contributed by atoms with Crippen LogP contribution in [0.5, 0.6) is 0 Å². The van der Waals surface area contributed by atoms with Crippen LogP contribution in [0.2, 0.25) is 0 Å². The molecule has 4 heteroatoms. The summed E-state index contributed by atoms with van der Waals surface area (Å²) in [6.07, 6.45) is -2.33. The molecule has 0 rings (SSSR count). The van der Waals surface area contributed by atoms with Crippen LogP contribution in [0.1, 0.15) is 0 Å². The molecule has 0 aromatic heterocycles. The van der Waals surface area contributed by atoms with Gasteiger partial charge in [-0.05, 0) is 0 Å². The van der Waals surface area contributed by atoms with Crippen molar-refractivity contribution in [3.8, 4) is 0 Å². The number of carboxylic acid groups (broad SMARTS) is 1. The molecule has 0 aliphatic carbocycles. The van der Waals surface area contributed by atoms with E-state index < -0.39 is 6.22 Å². The molecular weight excluding hydrogens is 119 g/mol. The van der Waals surface area contributed by atoms with E-state index in [4.69, 9.17) is 9.90 Å². The van der Waals surface area contributed by atoms with Crippen LogP contribution in [0.15, 0.2) is 0 Å². The Morgan fingerprint density at radius 3 is 1.80 bits per heavy atom. The van der Waals surface area contributed by atoms with Gasteiger partial charge in [0, 0.05) is 17.1 Å². The van der Waals surface area contributed by atoms with Gasteiger partial charge in [0.25, 0.3) is 0 Å². The zero-order valence-corrected chi connectivity index (χ0v) is 3.19. The summed E-state index contributed by atoms with van der Waals surface area (Å²) in [7, 11) is 0. The summed E-state index contributed by atoms with van der Waals surface area (Å²) in [4.78, 5) is 8.33. The molecule has 0 radical (unpaired) electrons. The van der Waals surface area contributed by atoms with Gasteiger partial charge in [-0.3, -0.25) is 0 Å². The van der Waals surface area contributed by atoms with Crippen LogP contribution in [0, 0.1) is 0 Å². The number of hydrogen-bond donors (Lipinski definition) is 1. The van der Waals surface area contributed by atoms with E-state index >= 15 is 0 Å². The van der Waals surface area contributed by atoms with E-state index in [9.17, 15) is 4.39 Å². The van der Waals surface area contributed by atoms with Crippen LogP contribution >= 0.6 is 0 Å². The zero-order chi connectivity index (χ0) is 3.58. The van der Waals surface area contributed by atoms with Gasteiger partial charge >= 0.3 is 6.22 Å². The van der Waals surface area contributed by atoms with Crippen molar-refractivity contribution in [2.45, 2.75) is 0 Å². The van der Waals surface area contributed by atoms with E-state index in [0.29, 0.717) is 0 Å². The minimum atomic E-state index is -2.33. The fraction of sp³-hybridized carbons (Fsp3) is 0. The largest absolute Gasteiger partial charge is 0.492 e. The molecule has 0 saturated carbocycles. The molecule has 0 aliphatic heterocycles. The Labute approximate surface area is 38.5 Å². The molecule has 1 N–H and O–H groups in total. The predicted molar refractivity (Wildman–Crippen MR) is 9.13 cm³/mol. The molecule has 5 heavy (non-hydrogen) atoms. The number of carbonyl (C=O) groups is 1. The number of hydrogen-bond acceptors (Lipinski definition) is 1. The summed E-state index contributed by atoms with van der Waals surface area (Å²) in [6.45, 7) is 0. The van der Waals surface area contributed by atoms with Gasteiger partial charge in [0.2, 0.25) is 0 Å². The minimum absolute atomic E-state index is 0. The van der Waals surface area contributed by atoms with E-state index in [1.807, 2.05) is 0 Å². The van der Waals surface area contributed by atoms with Gasteiger partial charge in [-0.15, -0.1) is 4.39 Å². The smallest absolute Gasteiger partial charge is 0.456 e. The molecule has 0 spiro atoms. The molecule has 0 aliphatic rings. The first kappa shape index (κ1) is 8.87. The van der Waals surface area contributed by atoms with Gasteiger partial charge in [-0.2, -0.15) is 0 Å². The van der Waals surface area contributed by atoms with Crippen LogP contribution < -0.4 is 0 Å². The molecule has 0 heterocycles. The van der Waals surface area contributed by atoms with Gasteiger partial charge in [-0.25, -0.2) is 4.79 Å². The maximum atomic E-state index is 9.92. The Kier molecular flexibility index (Phi) is 6.95. The quantitative estimate of drug-likeness (QED) is 0.376. The monoisotopic (exact) mass is 120 g/mol. The van der Waals surface area contributed by atoms with Crippen LogP contribution in [0.4, 0.5) is 9.18 Å². The van der Waals surface area contributed by atoms with Gasteiger partial charge in [0.15, 0.2) is 0 Å². The number of rotatable bonds is 0. The van der Waals surface area contributed by atoms with E-state index in [2.05, 4.69) is 0 Å². The second kappa shape index (κ2) is 3.92. The molecular formula is CHFFeO2. The summed E-state index contributed by atoms with van der Waals surface area (Å²) < 4.78 is 9.92. The van der Waals surface area contributed by atoms with Crippen LogP contribution in [0.25, 0.3) is 0 Å². The molecule has 0 aromatic carbocycles. The normalized spacial score (nSPS) is 5.00. The van der Waals surface area contributed by atoms with Gasteiger partial charge in [0.05, 0.1) is 0 Å². The van der Waals surface area contributed by atoms with Crippen molar-refractivity contribution in [2.24, 2.45) is 0 Å². The third kappa shape index (κ3) is 2230. The number of halogens is 1. The van der Waals surface area contributed by atoms with Crippen molar-refractivity contribution >= 4 is 6.22 Å². The second-order valence-corrected chi connectivity index (χ2v) is 0.253. The molecule has 0 atom stereocenters. The molecule has 2 nitrogen and oxygen atoms in total. The Balaban J connectivity index is 0. The summed E-state index contributed by atoms with van der Waals surface area (Å²) >= 11 is 0. The molecule has 0 fully saturated rings. The Morgan fingerprint density at radius 2 is 1.80 bits per heavy atom. The van der Waals surface area contributed by atoms with Crippen molar-refractivity contribution in [3.05, 3.63) is 0 Å². The Hall–Kier alpha value is -0.0805. The van der Waals surface area contributed by atoms with Crippen LogP contribution in [0.3, 0.4) is 0 Å². The van der Waals surface area contributed by atoms with Crippen molar-refractivity contribution in [3.63, 3.8) is 0 Å². The van der Waals surface area contributed by atoms with Crippen molar-refractivity contribution in [2.75, 3.05) is 0 Å². The van der Waals surface area contributed by atoms with Gasteiger partial charge in [0.1, 0.15) is 0 Å². The molecule has 0 aromatic rings. The van der Waals surface area contributed by atoms with Crippen molar-refractivity contribution in [1.29, 1.82) is 0 Å². The molecule has 0 unspecified atom stereocenters. The average molecular weight is 120 g/mol. The van der Waals surface area contributed by atoms with Gasteiger partial charge < -0.3 is 5.11 Å². The summed E-state index contributed by atoms with van der Waals surface area (Å²) in [5.74, 6) is 0. The second-order valence-electron chi connectivity index (χ2n) is 0.253. The van der Waals surface area contributed by atoms with E-state index in [0.717, 1.165) is 0 Å². The molecule has 0 amide bonds. The molecule has 32 valence electrons. The summed E-state index contributed by atoms with van der Waals surface area (Å²) in [5.41, 5.74) is 0. The Bertz CT molecular complexity index is 32.6. The average Bonchev–Trinajstić information content (AvgIpc) is 0.811. The van der Waals surface area contributed by atoms with Crippen molar-refractivity contribution < 1.29 is 31.4 Å². The molecule has 0 saturated heterocycles. The van der Waals surface area contributed by atoms with Gasteiger partial charge in [-0.1, -0.05) is 0 Å². The van der Waals surface area contributed by atoms with E-state index in [1.165, 1.54) is 0 Å². The first-order valence-electron chi connectivity index (χ1n) is 0.617. The maximum absolute atomic E-state index is 9.92. The first-order valence-corrected chi connectivity index (χ1v) is 0.617. The van der Waals surface area contributed by atoms with E-state index in [-0.39, 0.29) is 17.1 Å². The third-order valence-corrected chi connectivity index (χ3v) is 0.